The summed E-state index contributed by atoms with van der Waals surface area (Å²) in [5, 5.41) is 3.53. The highest BCUT2D eigenvalue weighted by molar-refractivity contribution is 5.77. The summed E-state index contributed by atoms with van der Waals surface area (Å²) in [5.41, 5.74) is 3.12. The minimum Gasteiger partial charge on any atom is -0.313 e. The summed E-state index contributed by atoms with van der Waals surface area (Å²) in [7, 11) is 0. The van der Waals surface area contributed by atoms with E-state index in [2.05, 4.69) is 43.4 Å². The first kappa shape index (κ1) is 15.2. The minimum absolute atomic E-state index is 0.231. The number of nitrogens with one attached hydrogen (secondary N) is 1. The van der Waals surface area contributed by atoms with Gasteiger partial charge in [-0.05, 0) is 57.1 Å². The third-order valence-electron chi connectivity index (χ3n) is 4.67. The molecule has 0 saturated heterocycles. The minimum atomic E-state index is 0.231. The summed E-state index contributed by atoms with van der Waals surface area (Å²) in [6, 6.07) is 8.70. The molecule has 2 nitrogen and oxygen atoms in total. The van der Waals surface area contributed by atoms with Crippen molar-refractivity contribution in [3.05, 3.63) is 35.4 Å². The number of ketones is 1. The molecular weight excluding hydrogens is 246 g/mol. The first-order valence-electron chi connectivity index (χ1n) is 7.77. The van der Waals surface area contributed by atoms with Crippen LogP contribution in [0.25, 0.3) is 0 Å². The molecule has 1 fully saturated rings. The van der Waals surface area contributed by atoms with Gasteiger partial charge in [-0.2, -0.15) is 0 Å². The number of carbonyl (C=O) groups is 1. The lowest BCUT2D eigenvalue weighted by Crippen LogP contribution is -2.21. The fraction of sp³-hybridized carbons (Fsp3) is 0.611. The van der Waals surface area contributed by atoms with Gasteiger partial charge in [0.1, 0.15) is 5.78 Å². The van der Waals surface area contributed by atoms with Crippen LogP contribution in [-0.4, -0.2) is 12.3 Å². The van der Waals surface area contributed by atoms with Gasteiger partial charge in [-0.1, -0.05) is 36.8 Å². The Kier molecular flexibility index (Phi) is 4.98. The van der Waals surface area contributed by atoms with Crippen LogP contribution in [0.5, 0.6) is 0 Å². The lowest BCUT2D eigenvalue weighted by Gasteiger charge is -2.18. The largest absolute Gasteiger partial charge is 0.313 e. The molecule has 0 radical (unpaired) electrons. The lowest BCUT2D eigenvalue weighted by molar-refractivity contribution is -0.120. The first-order chi connectivity index (χ1) is 9.51. The lowest BCUT2D eigenvalue weighted by atomic mass is 9.88. The summed E-state index contributed by atoms with van der Waals surface area (Å²) >= 11 is 0. The molecule has 1 aromatic rings. The fourth-order valence-electron chi connectivity index (χ4n) is 2.82. The quantitative estimate of drug-likeness (QED) is 0.728. The summed E-state index contributed by atoms with van der Waals surface area (Å²) in [6.07, 6.45) is 4.89. The number of carbonyl (C=O) groups excluding carboxylic acids is 1. The SMILES string of the molecule is CC(=O)[C@H](C)CC1(CCNCc2ccc(C)cc2)CC1. The van der Waals surface area contributed by atoms with Gasteiger partial charge in [0, 0.05) is 12.5 Å². The number of rotatable bonds is 8. The second-order valence-corrected chi connectivity index (χ2v) is 6.63. The molecule has 2 heteroatoms. The molecule has 0 bridgehead atoms. The molecule has 2 rings (SSSR count). The molecule has 1 aliphatic rings. The Balaban J connectivity index is 1.68. The maximum Gasteiger partial charge on any atom is 0.132 e. The van der Waals surface area contributed by atoms with Crippen molar-refractivity contribution in [2.24, 2.45) is 11.3 Å². The molecule has 0 heterocycles. The van der Waals surface area contributed by atoms with Gasteiger partial charge in [-0.25, -0.2) is 0 Å². The van der Waals surface area contributed by atoms with Crippen molar-refractivity contribution in [3.8, 4) is 0 Å². The van der Waals surface area contributed by atoms with Gasteiger partial charge >= 0.3 is 0 Å². The van der Waals surface area contributed by atoms with Gasteiger partial charge < -0.3 is 5.32 Å². The average molecular weight is 273 g/mol. The Morgan fingerprint density at radius 3 is 2.50 bits per heavy atom. The number of benzene rings is 1. The van der Waals surface area contributed by atoms with Crippen LogP contribution in [0.15, 0.2) is 24.3 Å². The van der Waals surface area contributed by atoms with E-state index in [0.717, 1.165) is 19.5 Å². The number of Topliss-reactive ketones (excluding diaryl/α,β-unsaturated/α-hetero) is 1. The smallest absolute Gasteiger partial charge is 0.132 e. The zero-order valence-corrected chi connectivity index (χ0v) is 13.0. The Bertz CT molecular complexity index is 445. The Labute approximate surface area is 123 Å². The number of hydrogen-bond acceptors (Lipinski definition) is 2. The predicted octanol–water partition coefficient (Wildman–Crippen LogP) is 3.87. The zero-order valence-electron chi connectivity index (χ0n) is 13.0. The van der Waals surface area contributed by atoms with Crippen molar-refractivity contribution < 1.29 is 4.79 Å². The van der Waals surface area contributed by atoms with E-state index in [-0.39, 0.29) is 5.92 Å². The predicted molar refractivity (Wildman–Crippen MR) is 83.6 cm³/mol. The van der Waals surface area contributed by atoms with E-state index in [1.54, 1.807) is 6.92 Å². The van der Waals surface area contributed by atoms with Crippen molar-refractivity contribution in [3.63, 3.8) is 0 Å². The van der Waals surface area contributed by atoms with Crippen LogP contribution in [-0.2, 0) is 11.3 Å². The topological polar surface area (TPSA) is 29.1 Å². The Morgan fingerprint density at radius 1 is 1.30 bits per heavy atom. The Morgan fingerprint density at radius 2 is 1.95 bits per heavy atom. The standard InChI is InChI=1S/C18H27NO/c1-14-4-6-17(7-5-14)13-19-11-10-18(8-9-18)12-15(2)16(3)20/h4-7,15,19H,8-13H2,1-3H3/t15-/m1/s1. The van der Waals surface area contributed by atoms with E-state index in [9.17, 15) is 4.79 Å². The maximum atomic E-state index is 11.4. The molecule has 0 amide bonds. The van der Waals surface area contributed by atoms with E-state index in [4.69, 9.17) is 0 Å². The zero-order chi connectivity index (χ0) is 14.6. The average Bonchev–Trinajstić information content (AvgIpc) is 3.17. The summed E-state index contributed by atoms with van der Waals surface area (Å²) in [4.78, 5) is 11.4. The van der Waals surface area contributed by atoms with Gasteiger partial charge in [0.2, 0.25) is 0 Å². The third-order valence-corrected chi connectivity index (χ3v) is 4.67. The number of hydrogen-bond donors (Lipinski definition) is 1. The van der Waals surface area contributed by atoms with Gasteiger partial charge in [-0.15, -0.1) is 0 Å². The van der Waals surface area contributed by atoms with Crippen LogP contribution in [0.2, 0.25) is 0 Å². The second-order valence-electron chi connectivity index (χ2n) is 6.63. The van der Waals surface area contributed by atoms with E-state index < -0.39 is 0 Å². The monoisotopic (exact) mass is 273 g/mol. The van der Waals surface area contributed by atoms with Crippen LogP contribution in [0.4, 0.5) is 0 Å². The third kappa shape index (κ3) is 4.45. The first-order valence-corrected chi connectivity index (χ1v) is 7.77. The van der Waals surface area contributed by atoms with Crippen LogP contribution >= 0.6 is 0 Å². The van der Waals surface area contributed by atoms with Crippen LogP contribution in [0.3, 0.4) is 0 Å². The molecule has 1 aromatic carbocycles. The van der Waals surface area contributed by atoms with Gasteiger partial charge in [0.05, 0.1) is 0 Å². The molecule has 0 aliphatic heterocycles. The van der Waals surface area contributed by atoms with Crippen molar-refractivity contribution >= 4 is 5.78 Å². The van der Waals surface area contributed by atoms with E-state index >= 15 is 0 Å². The second kappa shape index (κ2) is 6.53. The fourth-order valence-corrected chi connectivity index (χ4v) is 2.82. The molecule has 1 aliphatic carbocycles. The summed E-state index contributed by atoms with van der Waals surface area (Å²) in [5.74, 6) is 0.568. The summed E-state index contributed by atoms with van der Waals surface area (Å²) < 4.78 is 0. The molecule has 1 atom stereocenters. The van der Waals surface area contributed by atoms with Crippen molar-refractivity contribution in [2.75, 3.05) is 6.54 Å². The molecule has 20 heavy (non-hydrogen) atoms. The van der Waals surface area contributed by atoms with E-state index in [1.165, 1.54) is 30.4 Å². The molecular formula is C18H27NO. The van der Waals surface area contributed by atoms with Crippen LogP contribution < -0.4 is 5.32 Å². The van der Waals surface area contributed by atoms with E-state index in [1.807, 2.05) is 0 Å². The highest BCUT2D eigenvalue weighted by atomic mass is 16.1. The maximum absolute atomic E-state index is 11.4. The molecule has 1 saturated carbocycles. The molecule has 110 valence electrons. The van der Waals surface area contributed by atoms with Gasteiger partial charge in [0.15, 0.2) is 0 Å². The van der Waals surface area contributed by atoms with Crippen LogP contribution in [0, 0.1) is 18.3 Å². The van der Waals surface area contributed by atoms with E-state index in [0.29, 0.717) is 11.2 Å². The van der Waals surface area contributed by atoms with Crippen molar-refractivity contribution in [1.29, 1.82) is 0 Å². The highest BCUT2D eigenvalue weighted by Crippen LogP contribution is 2.53. The molecule has 0 unspecified atom stereocenters. The van der Waals surface area contributed by atoms with Gasteiger partial charge in [-0.3, -0.25) is 4.79 Å². The number of aryl methyl sites for hydroxylation is 1. The van der Waals surface area contributed by atoms with Crippen LogP contribution in [0.1, 0.15) is 50.7 Å². The normalized spacial score (nSPS) is 17.8. The van der Waals surface area contributed by atoms with Crippen molar-refractivity contribution in [2.45, 2.75) is 53.0 Å². The van der Waals surface area contributed by atoms with Crippen molar-refractivity contribution in [1.82, 2.24) is 5.32 Å². The Hall–Kier alpha value is -1.15. The molecule has 0 aromatic heterocycles. The molecule has 1 N–H and O–H groups in total. The van der Waals surface area contributed by atoms with Gasteiger partial charge in [0.25, 0.3) is 0 Å². The molecule has 0 spiro atoms. The highest BCUT2D eigenvalue weighted by Gasteiger charge is 2.43. The summed E-state index contributed by atoms with van der Waals surface area (Å²) in [6.45, 7) is 7.90.